The molecule has 0 aliphatic carbocycles. The molecule has 2 heterocycles. The van der Waals surface area contributed by atoms with E-state index in [2.05, 4.69) is 6.92 Å². The van der Waals surface area contributed by atoms with Crippen molar-refractivity contribution in [3.05, 3.63) is 33.8 Å². The SMILES string of the molecule is CCCC[C@H](OCl)[C@H]1O[C@]2(C(C)=O)OCO[C@@H]2[C@H]1OCc1ccc(C)c(C)c1Cl. The number of halogens is 2. The van der Waals surface area contributed by atoms with Gasteiger partial charge in [-0.3, -0.25) is 9.08 Å². The molecule has 0 unspecified atom stereocenters. The Labute approximate surface area is 181 Å². The third kappa shape index (κ3) is 4.35. The van der Waals surface area contributed by atoms with Crippen LogP contribution in [-0.2, 0) is 34.6 Å². The summed E-state index contributed by atoms with van der Waals surface area (Å²) >= 11 is 12.3. The zero-order valence-corrected chi connectivity index (χ0v) is 18.7. The van der Waals surface area contributed by atoms with E-state index in [-0.39, 0.29) is 19.2 Å². The van der Waals surface area contributed by atoms with Gasteiger partial charge in [-0.1, -0.05) is 43.5 Å². The maximum absolute atomic E-state index is 12.4. The highest BCUT2D eigenvalue weighted by Crippen LogP contribution is 2.43. The van der Waals surface area contributed by atoms with E-state index in [0.717, 1.165) is 29.5 Å². The first-order valence-electron chi connectivity index (χ1n) is 9.93. The predicted octanol–water partition coefficient (Wildman–Crippen LogP) is 4.63. The van der Waals surface area contributed by atoms with Gasteiger partial charge in [-0.2, -0.15) is 0 Å². The van der Waals surface area contributed by atoms with Gasteiger partial charge < -0.3 is 18.9 Å². The van der Waals surface area contributed by atoms with E-state index in [1.807, 2.05) is 26.0 Å². The zero-order chi connectivity index (χ0) is 21.2. The smallest absolute Gasteiger partial charge is 0.261 e. The van der Waals surface area contributed by atoms with E-state index in [9.17, 15) is 4.79 Å². The number of rotatable bonds is 9. The molecule has 1 aromatic carbocycles. The highest BCUT2D eigenvalue weighted by molar-refractivity contribution is 6.32. The maximum atomic E-state index is 12.4. The quantitative estimate of drug-likeness (QED) is 0.550. The van der Waals surface area contributed by atoms with Crippen LogP contribution in [0.1, 0.15) is 49.8 Å². The van der Waals surface area contributed by atoms with E-state index >= 15 is 0 Å². The molecule has 2 fully saturated rings. The molecule has 8 heteroatoms. The summed E-state index contributed by atoms with van der Waals surface area (Å²) in [6.45, 7) is 7.68. The Balaban J connectivity index is 1.85. The molecule has 162 valence electrons. The van der Waals surface area contributed by atoms with Crippen LogP contribution in [0.5, 0.6) is 0 Å². The number of carbonyl (C=O) groups excluding carboxylic acids is 1. The summed E-state index contributed by atoms with van der Waals surface area (Å²) in [4.78, 5) is 12.4. The molecule has 2 aliphatic rings. The summed E-state index contributed by atoms with van der Waals surface area (Å²) in [6, 6.07) is 3.94. The van der Waals surface area contributed by atoms with Crippen LogP contribution in [0.25, 0.3) is 0 Å². The lowest BCUT2D eigenvalue weighted by atomic mass is 9.97. The van der Waals surface area contributed by atoms with E-state index in [1.165, 1.54) is 6.92 Å². The number of carbonyl (C=O) groups is 1. The molecular weight excluding hydrogens is 419 g/mol. The van der Waals surface area contributed by atoms with Crippen molar-refractivity contribution >= 4 is 29.3 Å². The Morgan fingerprint density at radius 2 is 2.14 bits per heavy atom. The number of ether oxygens (including phenoxy) is 4. The number of ketones is 1. The molecule has 0 radical (unpaired) electrons. The number of fused-ring (bicyclic) bond motifs is 1. The lowest BCUT2D eigenvalue weighted by Crippen LogP contribution is -2.47. The lowest BCUT2D eigenvalue weighted by molar-refractivity contribution is -0.217. The van der Waals surface area contributed by atoms with Crippen LogP contribution in [0.15, 0.2) is 12.1 Å². The molecular formula is C21H28Cl2O6. The first kappa shape index (κ1) is 22.9. The lowest BCUT2D eigenvalue weighted by Gasteiger charge is -2.27. The molecule has 0 aromatic heterocycles. The second-order valence-corrected chi connectivity index (χ2v) is 8.24. The topological polar surface area (TPSA) is 63.2 Å². The van der Waals surface area contributed by atoms with E-state index < -0.39 is 30.2 Å². The fraction of sp³-hybridized carbons (Fsp3) is 0.667. The standard InChI is InChI=1S/C21H28Cl2O6/c1-5-6-7-16(29-23)18-19(20-21(28-18,14(4)24)27-11-26-20)25-10-15-9-8-12(2)13(3)17(15)22/h8-9,16,18-20H,5-7,10-11H2,1-4H3/t16-,18+,19-,20+,21-/m0/s1. The van der Waals surface area contributed by atoms with Gasteiger partial charge in [0.05, 0.1) is 18.5 Å². The van der Waals surface area contributed by atoms with Crippen molar-refractivity contribution in [3.63, 3.8) is 0 Å². The molecule has 5 atom stereocenters. The second kappa shape index (κ2) is 9.60. The van der Waals surface area contributed by atoms with Crippen LogP contribution in [0.2, 0.25) is 5.02 Å². The molecule has 0 saturated carbocycles. The normalized spacial score (nSPS) is 29.8. The van der Waals surface area contributed by atoms with Crippen molar-refractivity contribution in [1.29, 1.82) is 0 Å². The summed E-state index contributed by atoms with van der Waals surface area (Å²) in [5, 5.41) is 0.665. The summed E-state index contributed by atoms with van der Waals surface area (Å²) in [5.41, 5.74) is 2.97. The average molecular weight is 447 g/mol. The van der Waals surface area contributed by atoms with Crippen molar-refractivity contribution in [2.75, 3.05) is 6.79 Å². The minimum atomic E-state index is -1.50. The molecule has 2 saturated heterocycles. The van der Waals surface area contributed by atoms with E-state index in [4.69, 9.17) is 46.7 Å². The minimum Gasteiger partial charge on any atom is -0.368 e. The van der Waals surface area contributed by atoms with Crippen LogP contribution < -0.4 is 0 Å². The molecule has 0 N–H and O–H groups in total. The van der Waals surface area contributed by atoms with Crippen molar-refractivity contribution < 1.29 is 28.0 Å². The van der Waals surface area contributed by atoms with Gasteiger partial charge in [0.15, 0.2) is 18.7 Å². The number of unbranched alkanes of at least 4 members (excludes halogenated alkanes) is 1. The Morgan fingerprint density at radius 1 is 1.38 bits per heavy atom. The highest BCUT2D eigenvalue weighted by Gasteiger charge is 2.65. The summed E-state index contributed by atoms with van der Waals surface area (Å²) in [6.07, 6.45) is 0.152. The zero-order valence-electron chi connectivity index (χ0n) is 17.2. The van der Waals surface area contributed by atoms with Gasteiger partial charge in [-0.15, -0.1) is 0 Å². The molecule has 3 rings (SSSR count). The third-order valence-corrected chi connectivity index (χ3v) is 6.57. The van der Waals surface area contributed by atoms with Gasteiger partial charge in [0.25, 0.3) is 5.79 Å². The number of Topliss-reactive ketones (excluding diaryl/α,β-unsaturated/α-hetero) is 1. The summed E-state index contributed by atoms with van der Waals surface area (Å²) in [7, 11) is 0. The van der Waals surface area contributed by atoms with Crippen LogP contribution in [0.4, 0.5) is 0 Å². The van der Waals surface area contributed by atoms with Gasteiger partial charge in [0.1, 0.15) is 18.3 Å². The van der Waals surface area contributed by atoms with Crippen molar-refractivity contribution in [3.8, 4) is 0 Å². The van der Waals surface area contributed by atoms with Gasteiger partial charge in [-0.05, 0) is 37.0 Å². The second-order valence-electron chi connectivity index (χ2n) is 7.68. The number of benzene rings is 1. The van der Waals surface area contributed by atoms with Crippen LogP contribution >= 0.6 is 23.5 Å². The first-order chi connectivity index (χ1) is 13.9. The number of aryl methyl sites for hydroxylation is 1. The van der Waals surface area contributed by atoms with E-state index in [1.54, 1.807) is 0 Å². The fourth-order valence-electron chi connectivity index (χ4n) is 3.90. The minimum absolute atomic E-state index is 0.0391. The van der Waals surface area contributed by atoms with Gasteiger partial charge >= 0.3 is 0 Å². The Hall–Kier alpha value is -0.730. The first-order valence-corrected chi connectivity index (χ1v) is 10.6. The molecule has 6 nitrogen and oxygen atoms in total. The molecule has 1 aromatic rings. The molecule has 2 aliphatic heterocycles. The Morgan fingerprint density at radius 3 is 2.79 bits per heavy atom. The van der Waals surface area contributed by atoms with Crippen LogP contribution in [0.3, 0.4) is 0 Å². The maximum Gasteiger partial charge on any atom is 0.261 e. The average Bonchev–Trinajstić information content (AvgIpc) is 3.25. The fourth-order valence-corrected chi connectivity index (χ4v) is 4.35. The summed E-state index contributed by atoms with van der Waals surface area (Å²) < 4.78 is 28.8. The molecule has 29 heavy (non-hydrogen) atoms. The Bertz CT molecular complexity index is 742. The summed E-state index contributed by atoms with van der Waals surface area (Å²) in [5.74, 6) is -1.77. The highest BCUT2D eigenvalue weighted by atomic mass is 35.5. The Kier molecular flexibility index (Phi) is 7.60. The molecule has 0 bridgehead atoms. The van der Waals surface area contributed by atoms with Crippen molar-refractivity contribution in [2.24, 2.45) is 0 Å². The van der Waals surface area contributed by atoms with Crippen LogP contribution in [-0.4, -0.2) is 42.8 Å². The largest absolute Gasteiger partial charge is 0.368 e. The van der Waals surface area contributed by atoms with Crippen molar-refractivity contribution in [1.82, 2.24) is 0 Å². The predicted molar refractivity (Wildman–Crippen MR) is 109 cm³/mol. The van der Waals surface area contributed by atoms with Crippen LogP contribution in [0, 0.1) is 13.8 Å². The third-order valence-electron chi connectivity index (χ3n) is 5.81. The van der Waals surface area contributed by atoms with Gasteiger partial charge in [0.2, 0.25) is 0 Å². The monoisotopic (exact) mass is 446 g/mol. The van der Waals surface area contributed by atoms with Gasteiger partial charge in [-0.25, -0.2) is 0 Å². The van der Waals surface area contributed by atoms with E-state index in [0.29, 0.717) is 11.4 Å². The number of hydrogen-bond acceptors (Lipinski definition) is 6. The molecule has 0 amide bonds. The van der Waals surface area contributed by atoms with Crippen molar-refractivity contribution in [2.45, 2.75) is 83.8 Å². The van der Waals surface area contributed by atoms with Gasteiger partial charge in [0, 0.05) is 11.9 Å². The molecule has 0 spiro atoms. The number of hydrogen-bond donors (Lipinski definition) is 0.